The Labute approximate surface area is 201 Å². The maximum absolute atomic E-state index is 13.2. The maximum Gasteiger partial charge on any atom is 0.295 e. The van der Waals surface area contributed by atoms with E-state index in [0.29, 0.717) is 36.6 Å². The predicted molar refractivity (Wildman–Crippen MR) is 132 cm³/mol. The molecule has 0 bridgehead atoms. The predicted octanol–water partition coefficient (Wildman–Crippen LogP) is 4.25. The van der Waals surface area contributed by atoms with Crippen LogP contribution in [-0.4, -0.2) is 66.5 Å². The Bertz CT molecular complexity index is 1040. The largest absolute Gasteiger partial charge is 0.507 e. The highest BCUT2D eigenvalue weighted by Crippen LogP contribution is 2.40. The van der Waals surface area contributed by atoms with Gasteiger partial charge >= 0.3 is 0 Å². The number of ketones is 1. The number of amides is 1. The molecule has 1 heterocycles. The molecule has 3 rings (SSSR count). The first-order valence-corrected chi connectivity index (χ1v) is 11.7. The van der Waals surface area contributed by atoms with Crippen LogP contribution in [0, 0.1) is 0 Å². The summed E-state index contributed by atoms with van der Waals surface area (Å²) in [6, 6.07) is 13.5. The van der Waals surface area contributed by atoms with Crippen LogP contribution in [0.1, 0.15) is 44.4 Å². The molecule has 1 aliphatic rings. The fourth-order valence-corrected chi connectivity index (χ4v) is 4.07. The molecule has 1 fully saturated rings. The van der Waals surface area contributed by atoms with E-state index in [1.807, 2.05) is 64.0 Å². The van der Waals surface area contributed by atoms with Gasteiger partial charge in [-0.2, -0.15) is 0 Å². The number of ether oxygens (including phenoxy) is 2. The van der Waals surface area contributed by atoms with Crippen LogP contribution < -0.4 is 9.47 Å². The maximum atomic E-state index is 13.2. The van der Waals surface area contributed by atoms with E-state index in [-0.39, 0.29) is 17.4 Å². The van der Waals surface area contributed by atoms with Crippen LogP contribution in [0.2, 0.25) is 0 Å². The number of aliphatic hydroxyl groups excluding tert-OH is 1. The zero-order chi connectivity index (χ0) is 24.8. The second-order valence-corrected chi connectivity index (χ2v) is 8.85. The molecule has 0 aromatic heterocycles. The van der Waals surface area contributed by atoms with E-state index in [4.69, 9.17) is 9.47 Å². The van der Waals surface area contributed by atoms with E-state index >= 15 is 0 Å². The monoisotopic (exact) mass is 466 g/mol. The van der Waals surface area contributed by atoms with Crippen molar-refractivity contribution < 1.29 is 24.2 Å². The minimum Gasteiger partial charge on any atom is -0.507 e. The van der Waals surface area contributed by atoms with E-state index in [0.717, 1.165) is 12.1 Å². The van der Waals surface area contributed by atoms with E-state index < -0.39 is 17.7 Å². The molecule has 7 nitrogen and oxygen atoms in total. The van der Waals surface area contributed by atoms with E-state index in [1.54, 1.807) is 29.2 Å². The van der Waals surface area contributed by atoms with Gasteiger partial charge in [0.15, 0.2) is 0 Å². The lowest BCUT2D eigenvalue weighted by Crippen LogP contribution is -2.32. The zero-order valence-corrected chi connectivity index (χ0v) is 20.6. The minimum atomic E-state index is -0.700. The fraction of sp³-hybridized carbons (Fsp3) is 0.407. The van der Waals surface area contributed by atoms with Gasteiger partial charge in [0.2, 0.25) is 0 Å². The SMILES string of the molecule is CCOc1cccc(C2/C(=C(/O)c3ccc(OC(C)C)cc3)C(=O)C(=O)N2CCCN(C)C)c1. The third kappa shape index (κ3) is 5.78. The molecule has 1 aliphatic heterocycles. The van der Waals surface area contributed by atoms with E-state index in [9.17, 15) is 14.7 Å². The second-order valence-electron chi connectivity index (χ2n) is 8.85. The molecule has 2 aromatic rings. The molecule has 1 unspecified atom stereocenters. The highest BCUT2D eigenvalue weighted by Gasteiger charge is 2.45. The van der Waals surface area contributed by atoms with Crippen molar-refractivity contribution in [2.75, 3.05) is 33.8 Å². The summed E-state index contributed by atoms with van der Waals surface area (Å²) in [7, 11) is 3.92. The van der Waals surface area contributed by atoms with Crippen molar-refractivity contribution in [3.05, 3.63) is 65.2 Å². The van der Waals surface area contributed by atoms with Crippen molar-refractivity contribution in [3.8, 4) is 11.5 Å². The summed E-state index contributed by atoms with van der Waals surface area (Å²) in [6.45, 7) is 7.42. The number of hydrogen-bond donors (Lipinski definition) is 1. The molecule has 0 spiro atoms. The highest BCUT2D eigenvalue weighted by atomic mass is 16.5. The summed E-state index contributed by atoms with van der Waals surface area (Å²) >= 11 is 0. The third-order valence-electron chi connectivity index (χ3n) is 5.53. The Morgan fingerprint density at radius 3 is 2.41 bits per heavy atom. The van der Waals surface area contributed by atoms with Gasteiger partial charge in [0.1, 0.15) is 17.3 Å². The van der Waals surface area contributed by atoms with Gasteiger partial charge in [0.05, 0.1) is 24.3 Å². The molecule has 1 saturated heterocycles. The minimum absolute atomic E-state index is 0.0181. The molecule has 1 N–H and O–H groups in total. The van der Waals surface area contributed by atoms with Crippen molar-refractivity contribution in [3.63, 3.8) is 0 Å². The van der Waals surface area contributed by atoms with Gasteiger partial charge in [-0.1, -0.05) is 12.1 Å². The molecule has 0 radical (unpaired) electrons. The van der Waals surface area contributed by atoms with Crippen molar-refractivity contribution >= 4 is 17.4 Å². The molecule has 0 saturated carbocycles. The van der Waals surface area contributed by atoms with Crippen LogP contribution in [-0.2, 0) is 9.59 Å². The van der Waals surface area contributed by atoms with Gasteiger partial charge in [-0.05, 0) is 89.8 Å². The van der Waals surface area contributed by atoms with Crippen LogP contribution in [0.15, 0.2) is 54.1 Å². The smallest absolute Gasteiger partial charge is 0.295 e. The van der Waals surface area contributed by atoms with Crippen molar-refractivity contribution in [1.82, 2.24) is 9.80 Å². The molecule has 0 aliphatic carbocycles. The van der Waals surface area contributed by atoms with Gasteiger partial charge in [-0.15, -0.1) is 0 Å². The van der Waals surface area contributed by atoms with Gasteiger partial charge in [-0.25, -0.2) is 0 Å². The van der Waals surface area contributed by atoms with Crippen LogP contribution in [0.5, 0.6) is 11.5 Å². The molecule has 2 aromatic carbocycles. The number of rotatable bonds is 10. The number of nitrogens with zero attached hydrogens (tertiary/aromatic N) is 2. The number of Topliss-reactive ketones (excluding diaryl/α,β-unsaturated/α-hetero) is 1. The third-order valence-corrected chi connectivity index (χ3v) is 5.53. The lowest BCUT2D eigenvalue weighted by molar-refractivity contribution is -0.139. The summed E-state index contributed by atoms with van der Waals surface area (Å²) in [5, 5.41) is 11.2. The van der Waals surface area contributed by atoms with E-state index in [1.165, 1.54) is 0 Å². The van der Waals surface area contributed by atoms with E-state index in [2.05, 4.69) is 0 Å². The van der Waals surface area contributed by atoms with Crippen LogP contribution in [0.25, 0.3) is 5.76 Å². The average molecular weight is 467 g/mol. The first-order valence-electron chi connectivity index (χ1n) is 11.7. The number of hydrogen-bond acceptors (Lipinski definition) is 6. The molecule has 1 amide bonds. The molecule has 34 heavy (non-hydrogen) atoms. The lowest BCUT2D eigenvalue weighted by Gasteiger charge is -2.26. The first kappa shape index (κ1) is 25.3. The number of aliphatic hydroxyl groups is 1. The first-order chi connectivity index (χ1) is 16.2. The Morgan fingerprint density at radius 1 is 1.09 bits per heavy atom. The molecule has 182 valence electrons. The number of carbonyl (C=O) groups excluding carboxylic acids is 2. The molecule has 1 atom stereocenters. The second kappa shape index (κ2) is 11.2. The van der Waals surface area contributed by atoms with Crippen molar-refractivity contribution in [2.45, 2.75) is 39.3 Å². The van der Waals surface area contributed by atoms with Crippen LogP contribution in [0.4, 0.5) is 0 Å². The number of benzene rings is 2. The average Bonchev–Trinajstić information content (AvgIpc) is 3.04. The summed E-state index contributed by atoms with van der Waals surface area (Å²) < 4.78 is 11.3. The summed E-state index contributed by atoms with van der Waals surface area (Å²) in [4.78, 5) is 29.8. The van der Waals surface area contributed by atoms with Crippen molar-refractivity contribution in [1.29, 1.82) is 0 Å². The Morgan fingerprint density at radius 2 is 1.79 bits per heavy atom. The van der Waals surface area contributed by atoms with Gasteiger partial charge in [0.25, 0.3) is 11.7 Å². The van der Waals surface area contributed by atoms with Gasteiger partial charge in [-0.3, -0.25) is 9.59 Å². The van der Waals surface area contributed by atoms with Crippen LogP contribution in [0.3, 0.4) is 0 Å². The Hall–Kier alpha value is -3.32. The summed E-state index contributed by atoms with van der Waals surface area (Å²) in [6.07, 6.45) is 0.715. The summed E-state index contributed by atoms with van der Waals surface area (Å²) in [5.74, 6) is -0.175. The lowest BCUT2D eigenvalue weighted by atomic mass is 9.95. The Kier molecular flexibility index (Phi) is 8.34. The fourth-order valence-electron chi connectivity index (χ4n) is 4.07. The molecular formula is C27H34N2O5. The summed E-state index contributed by atoms with van der Waals surface area (Å²) in [5.41, 5.74) is 1.26. The van der Waals surface area contributed by atoms with Crippen LogP contribution >= 0.6 is 0 Å². The molecular weight excluding hydrogens is 432 g/mol. The number of carbonyl (C=O) groups is 2. The zero-order valence-electron chi connectivity index (χ0n) is 20.6. The normalized spacial score (nSPS) is 17.6. The van der Waals surface area contributed by atoms with Gasteiger partial charge < -0.3 is 24.4 Å². The molecule has 7 heteroatoms. The quantitative estimate of drug-likeness (QED) is 0.320. The van der Waals surface area contributed by atoms with Gasteiger partial charge in [0, 0.05) is 12.1 Å². The number of likely N-dealkylation sites (tertiary alicyclic amines) is 1. The van der Waals surface area contributed by atoms with Crippen molar-refractivity contribution in [2.24, 2.45) is 0 Å². The highest BCUT2D eigenvalue weighted by molar-refractivity contribution is 6.46. The Balaban J connectivity index is 2.05. The standard InChI is InChI=1S/C27H34N2O5/c1-6-33-22-10-7-9-20(17-22)24-23(26(31)27(32)29(24)16-8-15-28(4)5)25(30)19-11-13-21(14-12-19)34-18(2)3/h7,9-14,17-18,24,30H,6,8,15-16H2,1-5H3/b25-23-. The topological polar surface area (TPSA) is 79.3 Å².